The molecule has 2 aromatic rings. The van der Waals surface area contributed by atoms with Crippen molar-refractivity contribution in [3.8, 4) is 11.5 Å². The van der Waals surface area contributed by atoms with Gasteiger partial charge in [-0.05, 0) is 48.7 Å². The molecular formula is C21H27NO6. The van der Waals surface area contributed by atoms with E-state index >= 15 is 0 Å². The number of methoxy groups -OCH3 is 2. The number of ether oxygens (including phenoxy) is 2. The van der Waals surface area contributed by atoms with Crippen molar-refractivity contribution < 1.29 is 29.6 Å². The van der Waals surface area contributed by atoms with Gasteiger partial charge in [-0.1, -0.05) is 12.1 Å². The van der Waals surface area contributed by atoms with E-state index in [0.29, 0.717) is 35.4 Å². The van der Waals surface area contributed by atoms with Crippen LogP contribution in [0.3, 0.4) is 0 Å². The number of aliphatic hydroxyl groups excluding tert-OH is 2. The lowest BCUT2D eigenvalue weighted by Gasteiger charge is -2.19. The topological polar surface area (TPSA) is 108 Å². The van der Waals surface area contributed by atoms with Crippen LogP contribution in [0.25, 0.3) is 0 Å². The fourth-order valence-electron chi connectivity index (χ4n) is 2.95. The molecule has 0 spiro atoms. The minimum atomic E-state index is -0.783. The second-order valence-corrected chi connectivity index (χ2v) is 6.60. The highest BCUT2D eigenvalue weighted by molar-refractivity contribution is 5.92. The number of aromatic hydroxyl groups is 1. The molecule has 7 heteroatoms. The van der Waals surface area contributed by atoms with Crippen LogP contribution in [-0.4, -0.2) is 48.1 Å². The standard InChI is InChI=1S/C21H27NO6/c1-13(8-14-4-7-20(27-2)17(9-14)21(26)28-3)22-11-19(25)15-5-6-18(24)16(10-15)12-23/h4-7,9-10,13,19,22-25H,8,11-12H2,1-3H3. The van der Waals surface area contributed by atoms with Gasteiger partial charge in [-0.2, -0.15) is 0 Å². The van der Waals surface area contributed by atoms with Gasteiger partial charge >= 0.3 is 5.97 Å². The third kappa shape index (κ3) is 5.45. The Morgan fingerprint density at radius 1 is 1.18 bits per heavy atom. The first-order chi connectivity index (χ1) is 13.4. The molecule has 0 aliphatic carbocycles. The molecule has 0 aliphatic rings. The highest BCUT2D eigenvalue weighted by Crippen LogP contribution is 2.23. The Bertz CT molecular complexity index is 807. The van der Waals surface area contributed by atoms with Gasteiger partial charge in [0.15, 0.2) is 0 Å². The van der Waals surface area contributed by atoms with Gasteiger partial charge in [0.25, 0.3) is 0 Å². The highest BCUT2D eigenvalue weighted by atomic mass is 16.5. The molecular weight excluding hydrogens is 362 g/mol. The van der Waals surface area contributed by atoms with Gasteiger partial charge in [0.05, 0.1) is 26.9 Å². The molecule has 152 valence electrons. The lowest BCUT2D eigenvalue weighted by Crippen LogP contribution is -2.32. The maximum absolute atomic E-state index is 11.9. The van der Waals surface area contributed by atoms with Gasteiger partial charge in [0.2, 0.25) is 0 Å². The first-order valence-electron chi connectivity index (χ1n) is 8.98. The molecule has 2 rings (SSSR count). The molecule has 4 N–H and O–H groups in total. The van der Waals surface area contributed by atoms with E-state index in [2.05, 4.69) is 5.32 Å². The van der Waals surface area contributed by atoms with E-state index in [1.165, 1.54) is 20.3 Å². The number of esters is 1. The van der Waals surface area contributed by atoms with Crippen LogP contribution in [0.1, 0.15) is 40.1 Å². The molecule has 7 nitrogen and oxygen atoms in total. The normalized spacial score (nSPS) is 13.0. The molecule has 0 radical (unpaired) electrons. The van der Waals surface area contributed by atoms with Crippen LogP contribution in [0, 0.1) is 0 Å². The number of hydrogen-bond donors (Lipinski definition) is 4. The second kappa shape index (κ2) is 10.1. The van der Waals surface area contributed by atoms with E-state index in [-0.39, 0.29) is 18.4 Å². The van der Waals surface area contributed by atoms with Crippen LogP contribution in [0.15, 0.2) is 36.4 Å². The van der Waals surface area contributed by atoms with Crippen molar-refractivity contribution in [1.29, 1.82) is 0 Å². The quantitative estimate of drug-likeness (QED) is 0.485. The second-order valence-electron chi connectivity index (χ2n) is 6.60. The number of phenols is 1. The summed E-state index contributed by atoms with van der Waals surface area (Å²) in [5.41, 5.74) is 2.29. The summed E-state index contributed by atoms with van der Waals surface area (Å²) < 4.78 is 9.99. The van der Waals surface area contributed by atoms with Crippen molar-refractivity contribution in [2.45, 2.75) is 32.1 Å². The predicted molar refractivity (Wildman–Crippen MR) is 104 cm³/mol. The summed E-state index contributed by atoms with van der Waals surface area (Å²) in [5, 5.41) is 32.5. The molecule has 0 aliphatic heterocycles. The zero-order chi connectivity index (χ0) is 20.7. The van der Waals surface area contributed by atoms with Gasteiger partial charge in [-0.15, -0.1) is 0 Å². The SMILES string of the molecule is COC(=O)c1cc(CC(C)NCC(O)c2ccc(O)c(CO)c2)ccc1OC. The maximum Gasteiger partial charge on any atom is 0.341 e. The number of hydrogen-bond acceptors (Lipinski definition) is 7. The Balaban J connectivity index is 1.98. The van der Waals surface area contributed by atoms with E-state index in [9.17, 15) is 20.1 Å². The summed E-state index contributed by atoms with van der Waals surface area (Å²) in [6, 6.07) is 10.0. The van der Waals surface area contributed by atoms with Crippen molar-refractivity contribution in [2.24, 2.45) is 0 Å². The molecule has 2 aromatic carbocycles. The first kappa shape index (κ1) is 21.7. The van der Waals surface area contributed by atoms with E-state index in [4.69, 9.17) is 9.47 Å². The van der Waals surface area contributed by atoms with Crippen molar-refractivity contribution in [3.05, 3.63) is 58.7 Å². The number of benzene rings is 2. The van der Waals surface area contributed by atoms with Crippen LogP contribution in [0.5, 0.6) is 11.5 Å². The lowest BCUT2D eigenvalue weighted by molar-refractivity contribution is 0.0597. The van der Waals surface area contributed by atoms with Crippen molar-refractivity contribution in [3.63, 3.8) is 0 Å². The van der Waals surface area contributed by atoms with E-state index in [1.54, 1.807) is 24.3 Å². The first-order valence-corrected chi connectivity index (χ1v) is 8.98. The lowest BCUT2D eigenvalue weighted by atomic mass is 10.0. The summed E-state index contributed by atoms with van der Waals surface area (Å²) >= 11 is 0. The van der Waals surface area contributed by atoms with Crippen LogP contribution >= 0.6 is 0 Å². The smallest absolute Gasteiger partial charge is 0.341 e. The molecule has 0 saturated carbocycles. The summed E-state index contributed by atoms with van der Waals surface area (Å²) in [6.45, 7) is 1.98. The summed E-state index contributed by atoms with van der Waals surface area (Å²) in [7, 11) is 2.82. The summed E-state index contributed by atoms with van der Waals surface area (Å²) in [6.07, 6.45) is -0.145. The molecule has 0 amide bonds. The van der Waals surface area contributed by atoms with E-state index in [0.717, 1.165) is 5.56 Å². The third-order valence-electron chi connectivity index (χ3n) is 4.53. The van der Waals surface area contributed by atoms with Gasteiger partial charge in [0.1, 0.15) is 17.1 Å². The van der Waals surface area contributed by atoms with Gasteiger partial charge in [-0.3, -0.25) is 0 Å². The molecule has 0 heterocycles. The molecule has 2 atom stereocenters. The Hall–Kier alpha value is -2.61. The summed E-state index contributed by atoms with van der Waals surface area (Å²) in [5.74, 6) is 0.00102. The van der Waals surface area contributed by atoms with Gasteiger partial charge in [-0.25, -0.2) is 4.79 Å². The molecule has 2 unspecified atom stereocenters. The number of nitrogens with one attached hydrogen (secondary N) is 1. The average Bonchev–Trinajstić information content (AvgIpc) is 2.71. The average molecular weight is 389 g/mol. The van der Waals surface area contributed by atoms with Crippen LogP contribution in [0.2, 0.25) is 0 Å². The Morgan fingerprint density at radius 3 is 2.57 bits per heavy atom. The van der Waals surface area contributed by atoms with Crippen LogP contribution in [-0.2, 0) is 17.8 Å². The minimum absolute atomic E-state index is 0.000642. The zero-order valence-electron chi connectivity index (χ0n) is 16.3. The molecule has 0 saturated heterocycles. The molecule has 0 aromatic heterocycles. The fourth-order valence-corrected chi connectivity index (χ4v) is 2.95. The van der Waals surface area contributed by atoms with Crippen molar-refractivity contribution in [1.82, 2.24) is 5.32 Å². The van der Waals surface area contributed by atoms with Gasteiger partial charge in [0, 0.05) is 18.2 Å². The number of aliphatic hydroxyl groups is 2. The predicted octanol–water partition coefficient (Wildman–Crippen LogP) is 1.93. The molecule has 0 fully saturated rings. The minimum Gasteiger partial charge on any atom is -0.508 e. The van der Waals surface area contributed by atoms with E-state index in [1.807, 2.05) is 13.0 Å². The summed E-state index contributed by atoms with van der Waals surface area (Å²) in [4.78, 5) is 11.9. The van der Waals surface area contributed by atoms with Gasteiger partial charge < -0.3 is 30.1 Å². The van der Waals surface area contributed by atoms with Crippen LogP contribution < -0.4 is 10.1 Å². The van der Waals surface area contributed by atoms with Crippen molar-refractivity contribution in [2.75, 3.05) is 20.8 Å². The Kier molecular flexibility index (Phi) is 7.80. The molecule has 28 heavy (non-hydrogen) atoms. The van der Waals surface area contributed by atoms with E-state index < -0.39 is 12.1 Å². The highest BCUT2D eigenvalue weighted by Gasteiger charge is 2.16. The largest absolute Gasteiger partial charge is 0.508 e. The number of rotatable bonds is 9. The Labute approximate surface area is 164 Å². The van der Waals surface area contributed by atoms with Crippen LogP contribution in [0.4, 0.5) is 0 Å². The number of carbonyl (C=O) groups is 1. The third-order valence-corrected chi connectivity index (χ3v) is 4.53. The van der Waals surface area contributed by atoms with Crippen molar-refractivity contribution >= 4 is 5.97 Å². The monoisotopic (exact) mass is 389 g/mol. The zero-order valence-corrected chi connectivity index (χ0v) is 16.3. The Morgan fingerprint density at radius 2 is 1.93 bits per heavy atom. The number of carbonyl (C=O) groups excluding carboxylic acids is 1. The fraction of sp³-hybridized carbons (Fsp3) is 0.381. The molecule has 0 bridgehead atoms. The maximum atomic E-state index is 11.9.